The predicted molar refractivity (Wildman–Crippen MR) is 103 cm³/mol. The van der Waals surface area contributed by atoms with Crippen LogP contribution in [0.2, 0.25) is 5.02 Å². The quantitative estimate of drug-likeness (QED) is 0.612. The van der Waals surface area contributed by atoms with Gasteiger partial charge >= 0.3 is 5.97 Å². The molecule has 3 rings (SSSR count). The van der Waals surface area contributed by atoms with Gasteiger partial charge in [0.25, 0.3) is 11.8 Å². The Balaban J connectivity index is 1.60. The maximum atomic E-state index is 12.3. The number of benzene rings is 2. The largest absolute Gasteiger partial charge is 0.459 e. The topological polar surface area (TPSA) is 97.6 Å². The van der Waals surface area contributed by atoms with Crippen LogP contribution < -0.4 is 10.6 Å². The van der Waals surface area contributed by atoms with Gasteiger partial charge in [-0.05, 0) is 48.5 Å². The third-order valence-electron chi connectivity index (χ3n) is 3.60. The van der Waals surface area contributed by atoms with Gasteiger partial charge in [-0.25, -0.2) is 4.79 Å². The summed E-state index contributed by atoms with van der Waals surface area (Å²) in [4.78, 5) is 36.4. The molecule has 0 aliphatic heterocycles. The number of rotatable bonds is 6. The Bertz CT molecular complexity index is 984. The molecule has 2 amide bonds. The lowest BCUT2D eigenvalue weighted by Crippen LogP contribution is -2.22. The molecular weight excluding hydrogens is 384 g/mol. The Labute approximate surface area is 165 Å². The van der Waals surface area contributed by atoms with Crippen LogP contribution in [0, 0.1) is 0 Å². The van der Waals surface area contributed by atoms with Crippen LogP contribution in [0.1, 0.15) is 20.9 Å². The Morgan fingerprint density at radius 3 is 2.39 bits per heavy atom. The molecule has 0 spiro atoms. The fraction of sp³-hybridized carbons (Fsp3) is 0.0500. The summed E-state index contributed by atoms with van der Waals surface area (Å²) >= 11 is 5.78. The van der Waals surface area contributed by atoms with E-state index in [2.05, 4.69) is 10.6 Å². The van der Waals surface area contributed by atoms with Gasteiger partial charge in [0.1, 0.15) is 0 Å². The van der Waals surface area contributed by atoms with Gasteiger partial charge < -0.3 is 19.8 Å². The summed E-state index contributed by atoms with van der Waals surface area (Å²) < 4.78 is 10.1. The molecule has 2 N–H and O–H groups in total. The number of amides is 2. The van der Waals surface area contributed by atoms with Gasteiger partial charge in [0.15, 0.2) is 12.4 Å². The highest BCUT2D eigenvalue weighted by molar-refractivity contribution is 6.30. The van der Waals surface area contributed by atoms with Crippen molar-refractivity contribution in [2.45, 2.75) is 0 Å². The zero-order valence-electron chi connectivity index (χ0n) is 14.5. The van der Waals surface area contributed by atoms with Crippen molar-refractivity contribution in [3.63, 3.8) is 0 Å². The number of furan rings is 1. The third kappa shape index (κ3) is 4.99. The summed E-state index contributed by atoms with van der Waals surface area (Å²) in [5, 5.41) is 5.70. The second kappa shape index (κ2) is 8.88. The third-order valence-corrected chi connectivity index (χ3v) is 3.85. The normalized spacial score (nSPS) is 10.2. The molecule has 0 radical (unpaired) electrons. The van der Waals surface area contributed by atoms with E-state index >= 15 is 0 Å². The van der Waals surface area contributed by atoms with Crippen molar-refractivity contribution in [2.24, 2.45) is 0 Å². The molecule has 0 aliphatic carbocycles. The number of ether oxygens (including phenoxy) is 1. The van der Waals surface area contributed by atoms with E-state index in [-0.39, 0.29) is 17.0 Å². The second-order valence-electron chi connectivity index (χ2n) is 5.61. The molecule has 142 valence electrons. The van der Waals surface area contributed by atoms with Crippen LogP contribution >= 0.6 is 11.6 Å². The van der Waals surface area contributed by atoms with Gasteiger partial charge in [0.05, 0.1) is 17.5 Å². The van der Waals surface area contributed by atoms with Gasteiger partial charge in [-0.15, -0.1) is 0 Å². The summed E-state index contributed by atoms with van der Waals surface area (Å²) in [6, 6.07) is 15.9. The van der Waals surface area contributed by atoms with E-state index in [0.29, 0.717) is 10.7 Å². The highest BCUT2D eigenvalue weighted by atomic mass is 35.5. The van der Waals surface area contributed by atoms with Gasteiger partial charge in [0, 0.05) is 10.7 Å². The zero-order chi connectivity index (χ0) is 19.9. The lowest BCUT2D eigenvalue weighted by atomic mass is 10.1. The fourth-order valence-electron chi connectivity index (χ4n) is 2.30. The zero-order valence-corrected chi connectivity index (χ0v) is 15.2. The molecule has 0 saturated carbocycles. The second-order valence-corrected chi connectivity index (χ2v) is 6.04. The highest BCUT2D eigenvalue weighted by Crippen LogP contribution is 2.18. The number of hydrogen-bond donors (Lipinski definition) is 2. The first-order chi connectivity index (χ1) is 13.5. The molecule has 8 heteroatoms. The van der Waals surface area contributed by atoms with Gasteiger partial charge in [-0.1, -0.05) is 23.7 Å². The molecule has 0 bridgehead atoms. The maximum absolute atomic E-state index is 12.3. The number of halogens is 1. The average molecular weight is 399 g/mol. The standard InChI is InChI=1S/C20H15ClN2O5/c21-13-7-9-14(10-8-13)22-18(24)12-28-20(26)15-4-1-2-5-16(15)23-19(25)17-6-3-11-27-17/h1-11H,12H2,(H,22,24)(H,23,25). The van der Waals surface area contributed by atoms with Crippen molar-refractivity contribution in [1.82, 2.24) is 0 Å². The first-order valence-electron chi connectivity index (χ1n) is 8.19. The van der Waals surface area contributed by atoms with Crippen molar-refractivity contribution in [3.8, 4) is 0 Å². The molecule has 28 heavy (non-hydrogen) atoms. The number of hydrogen-bond acceptors (Lipinski definition) is 5. The lowest BCUT2D eigenvalue weighted by Gasteiger charge is -2.10. The number of anilines is 2. The Morgan fingerprint density at radius 2 is 1.68 bits per heavy atom. The van der Waals surface area contributed by atoms with Gasteiger partial charge in [0.2, 0.25) is 0 Å². The first-order valence-corrected chi connectivity index (χ1v) is 8.57. The monoisotopic (exact) mass is 398 g/mol. The number of esters is 1. The van der Waals surface area contributed by atoms with E-state index in [1.807, 2.05) is 0 Å². The minimum absolute atomic E-state index is 0.102. The Kier molecular flexibility index (Phi) is 6.08. The molecule has 0 atom stereocenters. The van der Waals surface area contributed by atoms with Crippen LogP contribution in [0.15, 0.2) is 71.3 Å². The number of para-hydroxylation sites is 1. The molecule has 7 nitrogen and oxygen atoms in total. The molecule has 0 unspecified atom stereocenters. The SMILES string of the molecule is O=C(COC(=O)c1ccccc1NC(=O)c1ccco1)Nc1ccc(Cl)cc1. The van der Waals surface area contributed by atoms with Crippen molar-refractivity contribution in [1.29, 1.82) is 0 Å². The smallest absolute Gasteiger partial charge is 0.340 e. The van der Waals surface area contributed by atoms with Crippen LogP contribution in [0.25, 0.3) is 0 Å². The van der Waals surface area contributed by atoms with Crippen molar-refractivity contribution < 1.29 is 23.5 Å². The van der Waals surface area contributed by atoms with Crippen molar-refractivity contribution >= 4 is 40.8 Å². The molecule has 1 aromatic heterocycles. The average Bonchev–Trinajstić information content (AvgIpc) is 3.23. The van der Waals surface area contributed by atoms with E-state index in [9.17, 15) is 14.4 Å². The minimum Gasteiger partial charge on any atom is -0.459 e. The van der Waals surface area contributed by atoms with E-state index in [1.165, 1.54) is 18.4 Å². The van der Waals surface area contributed by atoms with E-state index in [0.717, 1.165) is 0 Å². The summed E-state index contributed by atoms with van der Waals surface area (Å²) in [7, 11) is 0. The Hall–Kier alpha value is -3.58. The van der Waals surface area contributed by atoms with Gasteiger partial charge in [-0.3, -0.25) is 9.59 Å². The molecule has 1 heterocycles. The summed E-state index contributed by atoms with van der Waals surface area (Å²) in [5.41, 5.74) is 0.880. The highest BCUT2D eigenvalue weighted by Gasteiger charge is 2.17. The van der Waals surface area contributed by atoms with Crippen LogP contribution in [-0.2, 0) is 9.53 Å². The summed E-state index contributed by atoms with van der Waals surface area (Å²) in [6.45, 7) is -0.484. The van der Waals surface area contributed by atoms with E-state index < -0.39 is 24.4 Å². The first kappa shape index (κ1) is 19.2. The molecule has 0 fully saturated rings. The molecule has 2 aromatic carbocycles. The summed E-state index contributed by atoms with van der Waals surface area (Å²) in [6.07, 6.45) is 1.37. The lowest BCUT2D eigenvalue weighted by molar-refractivity contribution is -0.119. The van der Waals surface area contributed by atoms with E-state index in [1.54, 1.807) is 48.5 Å². The van der Waals surface area contributed by atoms with Crippen LogP contribution in [0.5, 0.6) is 0 Å². The molecule has 0 aliphatic rings. The molecular formula is C20H15ClN2O5. The van der Waals surface area contributed by atoms with Crippen LogP contribution in [0.4, 0.5) is 11.4 Å². The fourth-order valence-corrected chi connectivity index (χ4v) is 2.43. The minimum atomic E-state index is -0.749. The number of carbonyl (C=O) groups is 3. The Morgan fingerprint density at radius 1 is 0.929 bits per heavy atom. The predicted octanol–water partition coefficient (Wildman–Crippen LogP) is 3.98. The summed E-state index contributed by atoms with van der Waals surface area (Å²) in [5.74, 6) is -1.66. The van der Waals surface area contributed by atoms with Crippen molar-refractivity contribution in [2.75, 3.05) is 17.2 Å². The molecule has 3 aromatic rings. The van der Waals surface area contributed by atoms with Gasteiger partial charge in [-0.2, -0.15) is 0 Å². The maximum Gasteiger partial charge on any atom is 0.340 e. The van der Waals surface area contributed by atoms with Crippen molar-refractivity contribution in [3.05, 3.63) is 83.3 Å². The van der Waals surface area contributed by atoms with Crippen LogP contribution in [0.3, 0.4) is 0 Å². The number of nitrogens with one attached hydrogen (secondary N) is 2. The van der Waals surface area contributed by atoms with Crippen LogP contribution in [-0.4, -0.2) is 24.4 Å². The van der Waals surface area contributed by atoms with E-state index in [4.69, 9.17) is 20.8 Å². The molecule has 0 saturated heterocycles. The number of carbonyl (C=O) groups excluding carboxylic acids is 3.